The summed E-state index contributed by atoms with van der Waals surface area (Å²) in [6.45, 7) is 10.4. The molecule has 172 valence electrons. The number of nitrogens with zero attached hydrogens (tertiary/aromatic N) is 1. The Morgan fingerprint density at radius 1 is 1.00 bits per heavy atom. The van der Waals surface area contributed by atoms with E-state index in [1.165, 1.54) is 12.8 Å². The summed E-state index contributed by atoms with van der Waals surface area (Å²) in [5, 5.41) is 4.88. The Kier molecular flexibility index (Phi) is 10.9. The SMILES string of the molecule is CC.CCCC.Nc1cccc2c(NC(=O)c3ccc(N4CCCNS4)cc3)cccc12. The zero-order valence-electron chi connectivity index (χ0n) is 19.7. The third kappa shape index (κ3) is 6.90. The predicted molar refractivity (Wildman–Crippen MR) is 142 cm³/mol. The lowest BCUT2D eigenvalue weighted by atomic mass is 10.1. The van der Waals surface area contributed by atoms with Crippen LogP contribution >= 0.6 is 12.1 Å². The summed E-state index contributed by atoms with van der Waals surface area (Å²) in [5.74, 6) is -0.129. The zero-order valence-corrected chi connectivity index (χ0v) is 20.5. The molecule has 3 aromatic rings. The van der Waals surface area contributed by atoms with Gasteiger partial charge in [0.2, 0.25) is 0 Å². The van der Waals surface area contributed by atoms with E-state index in [9.17, 15) is 4.79 Å². The Hall–Kier alpha value is -2.70. The van der Waals surface area contributed by atoms with E-state index in [0.717, 1.165) is 41.7 Å². The normalized spacial score (nSPS) is 12.8. The second-order valence-corrected chi connectivity index (χ2v) is 8.10. The number of nitrogens with two attached hydrogens (primary N) is 1. The summed E-state index contributed by atoms with van der Waals surface area (Å²) >= 11 is 1.61. The highest BCUT2D eigenvalue weighted by atomic mass is 32.2. The first kappa shape index (κ1) is 25.6. The molecular formula is C26H36N4OS. The van der Waals surface area contributed by atoms with E-state index in [2.05, 4.69) is 28.2 Å². The van der Waals surface area contributed by atoms with Gasteiger partial charge in [0, 0.05) is 58.6 Å². The molecule has 0 bridgehead atoms. The van der Waals surface area contributed by atoms with Gasteiger partial charge < -0.3 is 15.4 Å². The van der Waals surface area contributed by atoms with E-state index < -0.39 is 0 Å². The number of carbonyl (C=O) groups is 1. The quantitative estimate of drug-likeness (QED) is 0.298. The molecule has 32 heavy (non-hydrogen) atoms. The van der Waals surface area contributed by atoms with Gasteiger partial charge in [-0.2, -0.15) is 0 Å². The molecule has 1 aliphatic heterocycles. The van der Waals surface area contributed by atoms with Crippen LogP contribution in [0.4, 0.5) is 17.1 Å². The number of benzene rings is 3. The standard InChI is InChI=1S/C20H20N4OS.C4H10.C2H6/c21-18-6-1-5-17-16(18)4-2-7-19(17)23-20(25)14-8-10-15(11-9-14)24-13-3-12-22-26-24;1-3-4-2;1-2/h1-2,4-11,22H,3,12-13,21H2,(H,23,25);3-4H2,1-2H3;1-2H3. The van der Waals surface area contributed by atoms with Crippen molar-refractivity contribution in [3.63, 3.8) is 0 Å². The van der Waals surface area contributed by atoms with Crippen molar-refractivity contribution in [2.45, 2.75) is 47.0 Å². The first-order chi connectivity index (χ1) is 15.6. The van der Waals surface area contributed by atoms with Crippen LogP contribution in [0.1, 0.15) is 57.3 Å². The molecule has 5 nitrogen and oxygen atoms in total. The highest BCUT2D eigenvalue weighted by molar-refractivity contribution is 7.98. The molecule has 0 unspecified atom stereocenters. The minimum Gasteiger partial charge on any atom is -0.398 e. The molecule has 4 rings (SSSR count). The molecule has 0 radical (unpaired) electrons. The average Bonchev–Trinajstić information content (AvgIpc) is 2.87. The third-order valence-electron chi connectivity index (χ3n) is 4.94. The maximum Gasteiger partial charge on any atom is 0.255 e. The van der Waals surface area contributed by atoms with Crippen LogP contribution in [0.15, 0.2) is 60.7 Å². The molecule has 1 fully saturated rings. The molecule has 1 saturated heterocycles. The van der Waals surface area contributed by atoms with Crippen LogP contribution in [0.25, 0.3) is 10.8 Å². The van der Waals surface area contributed by atoms with Crippen molar-refractivity contribution in [2.75, 3.05) is 28.4 Å². The Labute approximate surface area is 197 Å². The number of amides is 1. The van der Waals surface area contributed by atoms with Crippen molar-refractivity contribution in [3.05, 3.63) is 66.2 Å². The lowest BCUT2D eigenvalue weighted by Crippen LogP contribution is -2.29. The van der Waals surface area contributed by atoms with Gasteiger partial charge in [-0.3, -0.25) is 4.79 Å². The first-order valence-electron chi connectivity index (χ1n) is 11.5. The number of nitrogens with one attached hydrogen (secondary N) is 2. The van der Waals surface area contributed by atoms with Crippen molar-refractivity contribution >= 4 is 45.9 Å². The number of unbranched alkanes of at least 4 members (excludes halogenated alkanes) is 1. The maximum atomic E-state index is 12.7. The van der Waals surface area contributed by atoms with Crippen LogP contribution < -0.4 is 20.1 Å². The van der Waals surface area contributed by atoms with Crippen LogP contribution in [0.5, 0.6) is 0 Å². The average molecular weight is 453 g/mol. The number of hydrogen-bond acceptors (Lipinski definition) is 5. The summed E-state index contributed by atoms with van der Waals surface area (Å²) in [6.07, 6.45) is 3.75. The van der Waals surface area contributed by atoms with E-state index >= 15 is 0 Å². The monoisotopic (exact) mass is 452 g/mol. The van der Waals surface area contributed by atoms with Crippen LogP contribution in [0.3, 0.4) is 0 Å². The molecule has 1 heterocycles. The molecular weight excluding hydrogens is 416 g/mol. The molecule has 0 spiro atoms. The fourth-order valence-corrected chi connectivity index (χ4v) is 3.90. The molecule has 3 aromatic carbocycles. The van der Waals surface area contributed by atoms with Crippen molar-refractivity contribution in [1.82, 2.24) is 4.72 Å². The van der Waals surface area contributed by atoms with E-state index in [-0.39, 0.29) is 5.91 Å². The number of fused-ring (bicyclic) bond motifs is 1. The molecule has 0 aromatic heterocycles. The maximum absolute atomic E-state index is 12.7. The van der Waals surface area contributed by atoms with Crippen LogP contribution in [0.2, 0.25) is 0 Å². The lowest BCUT2D eigenvalue weighted by molar-refractivity contribution is 0.102. The van der Waals surface area contributed by atoms with Crippen LogP contribution in [-0.4, -0.2) is 19.0 Å². The molecule has 0 atom stereocenters. The largest absolute Gasteiger partial charge is 0.398 e. The fourth-order valence-electron chi connectivity index (χ4n) is 3.06. The van der Waals surface area contributed by atoms with Gasteiger partial charge in [0.05, 0.1) is 0 Å². The van der Waals surface area contributed by atoms with Gasteiger partial charge in [0.1, 0.15) is 0 Å². The highest BCUT2D eigenvalue weighted by Crippen LogP contribution is 2.28. The highest BCUT2D eigenvalue weighted by Gasteiger charge is 2.13. The number of rotatable bonds is 4. The number of carbonyl (C=O) groups excluding carboxylic acids is 1. The topological polar surface area (TPSA) is 70.4 Å². The van der Waals surface area contributed by atoms with E-state index in [4.69, 9.17) is 5.73 Å². The molecule has 1 aliphatic rings. The van der Waals surface area contributed by atoms with Crippen molar-refractivity contribution in [3.8, 4) is 0 Å². The predicted octanol–water partition coefficient (Wildman–Crippen LogP) is 6.87. The minimum absolute atomic E-state index is 0.129. The number of hydrogen-bond donors (Lipinski definition) is 3. The van der Waals surface area contributed by atoms with Gasteiger partial charge in [-0.1, -0.05) is 64.8 Å². The fraction of sp³-hybridized carbons (Fsp3) is 0.346. The van der Waals surface area contributed by atoms with Gasteiger partial charge in [-0.05, 0) is 42.8 Å². The molecule has 4 N–H and O–H groups in total. The Morgan fingerprint density at radius 2 is 1.66 bits per heavy atom. The number of anilines is 3. The van der Waals surface area contributed by atoms with Gasteiger partial charge in [-0.15, -0.1) is 0 Å². The molecule has 0 saturated carbocycles. The number of nitrogen functional groups attached to an aromatic ring is 1. The van der Waals surface area contributed by atoms with E-state index in [0.29, 0.717) is 11.3 Å². The Bertz CT molecular complexity index is 967. The molecule has 0 aliphatic carbocycles. The summed E-state index contributed by atoms with van der Waals surface area (Å²) in [6, 6.07) is 19.2. The van der Waals surface area contributed by atoms with Crippen molar-refractivity contribution in [2.24, 2.45) is 0 Å². The summed E-state index contributed by atoms with van der Waals surface area (Å²) in [4.78, 5) is 12.7. The molecule has 6 heteroatoms. The third-order valence-corrected chi connectivity index (χ3v) is 5.88. The minimum atomic E-state index is -0.129. The lowest BCUT2D eigenvalue weighted by Gasteiger charge is -2.27. The van der Waals surface area contributed by atoms with Gasteiger partial charge in [-0.25, -0.2) is 4.72 Å². The Morgan fingerprint density at radius 3 is 2.28 bits per heavy atom. The van der Waals surface area contributed by atoms with Crippen LogP contribution in [-0.2, 0) is 0 Å². The van der Waals surface area contributed by atoms with Crippen LogP contribution in [0, 0.1) is 0 Å². The summed E-state index contributed by atoms with van der Waals surface area (Å²) < 4.78 is 5.47. The summed E-state index contributed by atoms with van der Waals surface area (Å²) in [5.41, 5.74) is 9.22. The van der Waals surface area contributed by atoms with Crippen molar-refractivity contribution < 1.29 is 4.79 Å². The van der Waals surface area contributed by atoms with E-state index in [1.807, 2.05) is 74.5 Å². The van der Waals surface area contributed by atoms with E-state index in [1.54, 1.807) is 12.1 Å². The summed E-state index contributed by atoms with van der Waals surface area (Å²) in [7, 11) is 0. The smallest absolute Gasteiger partial charge is 0.255 e. The Balaban J connectivity index is 0.000000547. The van der Waals surface area contributed by atoms with Gasteiger partial charge in [0.25, 0.3) is 5.91 Å². The second-order valence-electron chi connectivity index (χ2n) is 7.19. The zero-order chi connectivity index (χ0) is 23.3. The first-order valence-corrected chi connectivity index (χ1v) is 12.3. The molecule has 1 amide bonds. The van der Waals surface area contributed by atoms with Gasteiger partial charge >= 0.3 is 0 Å². The second kappa shape index (κ2) is 13.7. The van der Waals surface area contributed by atoms with Crippen molar-refractivity contribution in [1.29, 1.82) is 0 Å². The van der Waals surface area contributed by atoms with Gasteiger partial charge in [0.15, 0.2) is 0 Å².